The topological polar surface area (TPSA) is 34.4 Å². The van der Waals surface area contributed by atoms with Gasteiger partial charge in [0.1, 0.15) is 17.3 Å². The average Bonchev–Trinajstić information content (AvgIpc) is 2.91. The van der Waals surface area contributed by atoms with Gasteiger partial charge in [0.15, 0.2) is 0 Å². The quantitative estimate of drug-likeness (QED) is 0.824. The van der Waals surface area contributed by atoms with Gasteiger partial charge < -0.3 is 14.5 Å². The molecule has 1 heterocycles. The van der Waals surface area contributed by atoms with Crippen LogP contribution in [-0.2, 0) is 12.3 Å². The van der Waals surface area contributed by atoms with Gasteiger partial charge in [0.2, 0.25) is 0 Å². The predicted molar refractivity (Wildman–Crippen MR) is 76.3 cm³/mol. The second-order valence-corrected chi connectivity index (χ2v) is 5.00. The van der Waals surface area contributed by atoms with Crippen molar-refractivity contribution in [1.82, 2.24) is 0 Å². The number of hydrogen-bond acceptors (Lipinski definition) is 4. The highest BCUT2D eigenvalue weighted by Crippen LogP contribution is 2.22. The lowest BCUT2D eigenvalue weighted by molar-refractivity contribution is 0.251. The number of alkyl halides is 2. The van der Waals surface area contributed by atoms with Gasteiger partial charge in [-0.15, -0.1) is 0 Å². The fourth-order valence-electron chi connectivity index (χ4n) is 1.64. The number of methoxy groups -OCH3 is 1. The van der Waals surface area contributed by atoms with E-state index < -0.39 is 5.76 Å². The summed E-state index contributed by atoms with van der Waals surface area (Å²) in [7, 11) is 1.62. The Labute approximate surface area is 120 Å². The molecule has 0 radical (unpaired) electrons. The van der Waals surface area contributed by atoms with Crippen LogP contribution in [0.1, 0.15) is 11.5 Å². The predicted octanol–water partition coefficient (Wildman–Crippen LogP) is 4.36. The molecule has 0 aliphatic rings. The molecule has 0 amide bonds. The summed E-state index contributed by atoms with van der Waals surface area (Å²) in [5.74, 6) is -0.131. The highest BCUT2D eigenvalue weighted by molar-refractivity contribution is 7.98. The smallest absolute Gasteiger partial charge is 0.284 e. The summed E-state index contributed by atoms with van der Waals surface area (Å²) in [4.78, 5) is 0. The number of hydrogen-bond donors (Lipinski definition) is 1. The number of ether oxygens (including phenoxy) is 1. The molecule has 0 spiro atoms. The molecule has 0 saturated carbocycles. The monoisotopic (exact) mass is 299 g/mol. The van der Waals surface area contributed by atoms with Crippen LogP contribution in [-0.4, -0.2) is 12.9 Å². The molecule has 0 aliphatic heterocycles. The van der Waals surface area contributed by atoms with E-state index in [2.05, 4.69) is 5.32 Å². The van der Waals surface area contributed by atoms with E-state index >= 15 is 0 Å². The zero-order valence-corrected chi connectivity index (χ0v) is 11.8. The normalized spacial score (nSPS) is 10.8. The van der Waals surface area contributed by atoms with Crippen molar-refractivity contribution in [2.24, 2.45) is 0 Å². The van der Waals surface area contributed by atoms with Crippen LogP contribution in [0.3, 0.4) is 0 Å². The number of thioether (sulfide) groups is 1. The Balaban J connectivity index is 1.84. The lowest BCUT2D eigenvalue weighted by Gasteiger charge is -2.05. The largest absolute Gasteiger partial charge is 0.497 e. The van der Waals surface area contributed by atoms with Gasteiger partial charge in [0, 0.05) is 5.69 Å². The standard InChI is InChI=1S/C14H15F2NO2S/c1-18-11-4-2-10(3-5-11)17-8-12-6-7-13(19-12)9-20-14(15)16/h2-7,14,17H,8-9H2,1H3. The van der Waals surface area contributed by atoms with Crippen LogP contribution in [0.4, 0.5) is 14.5 Å². The molecule has 0 atom stereocenters. The van der Waals surface area contributed by atoms with Crippen LogP contribution in [0, 0.1) is 0 Å². The molecule has 108 valence electrons. The molecule has 20 heavy (non-hydrogen) atoms. The minimum absolute atomic E-state index is 0.181. The summed E-state index contributed by atoms with van der Waals surface area (Å²) >= 11 is 0.555. The Hall–Kier alpha value is -1.69. The number of benzene rings is 1. The van der Waals surface area contributed by atoms with Crippen molar-refractivity contribution in [3.05, 3.63) is 47.9 Å². The third-order valence-corrected chi connectivity index (χ3v) is 3.33. The maximum absolute atomic E-state index is 12.1. The zero-order chi connectivity index (χ0) is 14.4. The Morgan fingerprint density at radius 3 is 2.50 bits per heavy atom. The van der Waals surface area contributed by atoms with Crippen molar-refractivity contribution in [1.29, 1.82) is 0 Å². The van der Waals surface area contributed by atoms with Gasteiger partial charge in [0.05, 0.1) is 19.4 Å². The highest BCUT2D eigenvalue weighted by Gasteiger charge is 2.07. The van der Waals surface area contributed by atoms with Crippen LogP contribution in [0.5, 0.6) is 5.75 Å². The first kappa shape index (κ1) is 14.7. The number of halogens is 2. The maximum Gasteiger partial charge on any atom is 0.284 e. The molecule has 1 N–H and O–H groups in total. The van der Waals surface area contributed by atoms with Crippen LogP contribution in [0.15, 0.2) is 40.8 Å². The molecule has 3 nitrogen and oxygen atoms in total. The molecular formula is C14H15F2NO2S. The molecule has 6 heteroatoms. The molecule has 0 saturated heterocycles. The first-order valence-corrected chi connectivity index (χ1v) is 7.07. The minimum atomic E-state index is -2.37. The van der Waals surface area contributed by atoms with Crippen molar-refractivity contribution in [3.63, 3.8) is 0 Å². The van der Waals surface area contributed by atoms with Crippen molar-refractivity contribution in [2.45, 2.75) is 18.1 Å². The van der Waals surface area contributed by atoms with E-state index in [4.69, 9.17) is 9.15 Å². The van der Waals surface area contributed by atoms with Gasteiger partial charge in [-0.05, 0) is 36.4 Å². The second-order valence-electron chi connectivity index (χ2n) is 4.02. The summed E-state index contributed by atoms with van der Waals surface area (Å²) < 4.78 is 34.6. The Bertz CT molecular complexity index is 528. The molecule has 0 fully saturated rings. The molecule has 2 aromatic rings. The minimum Gasteiger partial charge on any atom is -0.497 e. The fraction of sp³-hybridized carbons (Fsp3) is 0.286. The van der Waals surface area contributed by atoms with Crippen molar-refractivity contribution in [3.8, 4) is 5.75 Å². The number of nitrogens with one attached hydrogen (secondary N) is 1. The SMILES string of the molecule is COc1ccc(NCc2ccc(CSC(F)F)o2)cc1. The Morgan fingerprint density at radius 2 is 1.85 bits per heavy atom. The second kappa shape index (κ2) is 7.19. The van der Waals surface area contributed by atoms with Crippen LogP contribution >= 0.6 is 11.8 Å². The number of anilines is 1. The van der Waals surface area contributed by atoms with E-state index in [1.54, 1.807) is 19.2 Å². The van der Waals surface area contributed by atoms with Crippen LogP contribution < -0.4 is 10.1 Å². The third kappa shape index (κ3) is 4.45. The van der Waals surface area contributed by atoms with E-state index in [1.165, 1.54) is 0 Å². The van der Waals surface area contributed by atoms with E-state index in [-0.39, 0.29) is 5.75 Å². The van der Waals surface area contributed by atoms with Gasteiger partial charge >= 0.3 is 0 Å². The van der Waals surface area contributed by atoms with Gasteiger partial charge in [-0.2, -0.15) is 8.78 Å². The molecule has 1 aromatic heterocycles. The van der Waals surface area contributed by atoms with Gasteiger partial charge in [0.25, 0.3) is 5.76 Å². The fourth-order valence-corrected chi connectivity index (χ4v) is 2.08. The van der Waals surface area contributed by atoms with Crippen molar-refractivity contribution >= 4 is 17.4 Å². The first-order valence-electron chi connectivity index (χ1n) is 6.02. The first-order chi connectivity index (χ1) is 9.67. The third-order valence-electron chi connectivity index (χ3n) is 2.63. The Kier molecular flexibility index (Phi) is 5.29. The van der Waals surface area contributed by atoms with Gasteiger partial charge in [-0.1, -0.05) is 11.8 Å². The zero-order valence-electron chi connectivity index (χ0n) is 10.9. The van der Waals surface area contributed by atoms with E-state index in [0.717, 1.165) is 11.4 Å². The summed E-state index contributed by atoms with van der Waals surface area (Å²) in [6.45, 7) is 0.506. The highest BCUT2D eigenvalue weighted by atomic mass is 32.2. The summed E-state index contributed by atoms with van der Waals surface area (Å²) in [5, 5.41) is 3.19. The van der Waals surface area contributed by atoms with Gasteiger partial charge in [-0.25, -0.2) is 0 Å². The van der Waals surface area contributed by atoms with Crippen LogP contribution in [0.2, 0.25) is 0 Å². The molecule has 2 rings (SSSR count). The van der Waals surface area contributed by atoms with E-state index in [1.807, 2.05) is 24.3 Å². The van der Waals surface area contributed by atoms with Gasteiger partial charge in [-0.3, -0.25) is 0 Å². The van der Waals surface area contributed by atoms with Crippen molar-refractivity contribution in [2.75, 3.05) is 12.4 Å². The summed E-state index contributed by atoms with van der Waals surface area (Å²) in [6, 6.07) is 11.0. The van der Waals surface area contributed by atoms with Crippen LogP contribution in [0.25, 0.3) is 0 Å². The summed E-state index contributed by atoms with van der Waals surface area (Å²) in [6.07, 6.45) is 0. The lowest BCUT2D eigenvalue weighted by atomic mass is 10.3. The number of furan rings is 1. The molecule has 0 unspecified atom stereocenters. The molecular weight excluding hydrogens is 284 g/mol. The summed E-state index contributed by atoms with van der Waals surface area (Å²) in [5.41, 5.74) is 0.936. The average molecular weight is 299 g/mol. The van der Waals surface area contributed by atoms with E-state index in [9.17, 15) is 8.78 Å². The van der Waals surface area contributed by atoms with E-state index in [0.29, 0.717) is 29.8 Å². The molecule has 1 aromatic carbocycles. The maximum atomic E-state index is 12.1. The molecule has 0 bridgehead atoms. The van der Waals surface area contributed by atoms with Crippen molar-refractivity contribution < 1.29 is 17.9 Å². The lowest BCUT2D eigenvalue weighted by Crippen LogP contribution is -1.97. The Morgan fingerprint density at radius 1 is 1.15 bits per heavy atom. The number of rotatable bonds is 7. The molecule has 0 aliphatic carbocycles.